The normalized spacial score (nSPS) is 9.83. The third-order valence-corrected chi connectivity index (χ3v) is 2.41. The molecule has 0 aliphatic heterocycles. The molecular formula is C13H16FN3O. The highest BCUT2D eigenvalue weighted by atomic mass is 19.1. The molecule has 0 aliphatic rings. The average Bonchev–Trinajstić information content (AvgIpc) is 2.35. The fourth-order valence-electron chi connectivity index (χ4n) is 1.53. The van der Waals surface area contributed by atoms with E-state index in [1.807, 2.05) is 13.0 Å². The molecule has 1 aromatic carbocycles. The highest BCUT2D eigenvalue weighted by Crippen LogP contribution is 2.09. The van der Waals surface area contributed by atoms with Gasteiger partial charge in [0, 0.05) is 26.1 Å². The first-order valence-electron chi connectivity index (χ1n) is 5.83. The van der Waals surface area contributed by atoms with Crippen molar-refractivity contribution >= 4 is 5.91 Å². The molecule has 0 saturated heterocycles. The smallest absolute Gasteiger partial charge is 0.221 e. The maximum atomic E-state index is 13.0. The summed E-state index contributed by atoms with van der Waals surface area (Å²) in [5, 5.41) is 14.6. The molecule has 18 heavy (non-hydrogen) atoms. The zero-order valence-electron chi connectivity index (χ0n) is 10.3. The Kier molecular flexibility index (Phi) is 5.81. The van der Waals surface area contributed by atoms with Crippen LogP contribution >= 0.6 is 0 Å². The summed E-state index contributed by atoms with van der Waals surface area (Å²) >= 11 is 0. The van der Waals surface area contributed by atoms with Crippen molar-refractivity contribution in [1.29, 1.82) is 5.26 Å². The summed E-state index contributed by atoms with van der Waals surface area (Å²) in [6, 6.07) is 6.05. The van der Waals surface area contributed by atoms with E-state index < -0.39 is 0 Å². The van der Waals surface area contributed by atoms with Crippen LogP contribution in [0.4, 0.5) is 4.39 Å². The summed E-state index contributed by atoms with van der Waals surface area (Å²) in [6.07, 6.45) is 0.366. The Morgan fingerprint density at radius 3 is 2.94 bits per heavy atom. The third kappa shape index (κ3) is 4.52. The molecule has 5 heteroatoms. The minimum absolute atomic E-state index is 0.0234. The van der Waals surface area contributed by atoms with Crippen molar-refractivity contribution < 1.29 is 9.18 Å². The summed E-state index contributed by atoms with van der Waals surface area (Å²) in [7, 11) is 0. The van der Waals surface area contributed by atoms with Gasteiger partial charge >= 0.3 is 0 Å². The molecule has 0 unspecified atom stereocenters. The predicted molar refractivity (Wildman–Crippen MR) is 66.1 cm³/mol. The number of carbonyl (C=O) groups excluding carboxylic acids is 1. The molecule has 1 amide bonds. The van der Waals surface area contributed by atoms with Crippen molar-refractivity contribution in [3.05, 3.63) is 35.1 Å². The Hall–Kier alpha value is -1.93. The molecule has 1 aromatic rings. The van der Waals surface area contributed by atoms with Crippen LogP contribution in [0.3, 0.4) is 0 Å². The fourth-order valence-corrected chi connectivity index (χ4v) is 1.53. The molecule has 0 bridgehead atoms. The SMILES string of the molecule is CCNC(=O)CCNCc1cc(F)ccc1C#N. The number of nitriles is 1. The lowest BCUT2D eigenvalue weighted by Crippen LogP contribution is -2.27. The van der Waals surface area contributed by atoms with E-state index in [0.29, 0.717) is 37.2 Å². The van der Waals surface area contributed by atoms with E-state index in [0.717, 1.165) is 0 Å². The van der Waals surface area contributed by atoms with Crippen LogP contribution in [-0.4, -0.2) is 19.0 Å². The maximum Gasteiger partial charge on any atom is 0.221 e. The van der Waals surface area contributed by atoms with Crippen molar-refractivity contribution in [3.63, 3.8) is 0 Å². The number of halogens is 1. The molecule has 1 rings (SSSR count). The molecule has 0 heterocycles. The van der Waals surface area contributed by atoms with Crippen LogP contribution < -0.4 is 10.6 Å². The second kappa shape index (κ2) is 7.41. The van der Waals surface area contributed by atoms with Gasteiger partial charge in [-0.3, -0.25) is 4.79 Å². The Labute approximate surface area is 106 Å². The molecule has 0 radical (unpaired) electrons. The van der Waals surface area contributed by atoms with Gasteiger partial charge in [-0.1, -0.05) is 0 Å². The van der Waals surface area contributed by atoms with Crippen LogP contribution in [0.25, 0.3) is 0 Å². The molecule has 0 saturated carbocycles. The van der Waals surface area contributed by atoms with Gasteiger partial charge in [-0.05, 0) is 30.7 Å². The van der Waals surface area contributed by atoms with Gasteiger partial charge in [0.15, 0.2) is 0 Å². The van der Waals surface area contributed by atoms with E-state index in [1.165, 1.54) is 18.2 Å². The van der Waals surface area contributed by atoms with Crippen LogP contribution in [0.15, 0.2) is 18.2 Å². The number of amides is 1. The minimum atomic E-state index is -0.366. The molecule has 0 spiro atoms. The Morgan fingerprint density at radius 2 is 2.28 bits per heavy atom. The number of carbonyl (C=O) groups is 1. The molecular weight excluding hydrogens is 233 g/mol. The molecule has 0 aliphatic carbocycles. The number of hydrogen-bond donors (Lipinski definition) is 2. The summed E-state index contributed by atoms with van der Waals surface area (Å²) in [4.78, 5) is 11.2. The van der Waals surface area contributed by atoms with Crippen LogP contribution in [-0.2, 0) is 11.3 Å². The van der Waals surface area contributed by atoms with Crippen molar-refractivity contribution in [3.8, 4) is 6.07 Å². The molecule has 0 aromatic heterocycles. The van der Waals surface area contributed by atoms with E-state index in [4.69, 9.17) is 5.26 Å². The Morgan fingerprint density at radius 1 is 1.50 bits per heavy atom. The van der Waals surface area contributed by atoms with Gasteiger partial charge in [-0.25, -0.2) is 4.39 Å². The highest BCUT2D eigenvalue weighted by Gasteiger charge is 2.04. The number of rotatable bonds is 6. The van der Waals surface area contributed by atoms with Gasteiger partial charge in [-0.15, -0.1) is 0 Å². The van der Waals surface area contributed by atoms with Crippen LogP contribution in [0.5, 0.6) is 0 Å². The molecule has 0 fully saturated rings. The largest absolute Gasteiger partial charge is 0.356 e. The Bertz CT molecular complexity index is 454. The van der Waals surface area contributed by atoms with E-state index in [-0.39, 0.29) is 11.7 Å². The standard InChI is InChI=1S/C13H16FN3O/c1-2-17-13(18)5-6-16-9-11-7-12(14)4-3-10(11)8-15/h3-4,7,16H,2,5-6,9H2,1H3,(H,17,18). The van der Waals surface area contributed by atoms with Gasteiger partial charge in [0.2, 0.25) is 5.91 Å². The lowest BCUT2D eigenvalue weighted by Gasteiger charge is -2.06. The van der Waals surface area contributed by atoms with Gasteiger partial charge in [-0.2, -0.15) is 5.26 Å². The predicted octanol–water partition coefficient (Wildman–Crippen LogP) is 1.31. The zero-order valence-corrected chi connectivity index (χ0v) is 10.3. The second-order valence-electron chi connectivity index (χ2n) is 3.79. The third-order valence-electron chi connectivity index (χ3n) is 2.41. The van der Waals surface area contributed by atoms with Crippen LogP contribution in [0.1, 0.15) is 24.5 Å². The first kappa shape index (κ1) is 14.1. The topological polar surface area (TPSA) is 64.9 Å². The number of hydrogen-bond acceptors (Lipinski definition) is 3. The summed E-state index contributed by atoms with van der Waals surface area (Å²) < 4.78 is 13.0. The average molecular weight is 249 g/mol. The lowest BCUT2D eigenvalue weighted by molar-refractivity contribution is -0.120. The van der Waals surface area contributed by atoms with Crippen molar-refractivity contribution in [2.75, 3.05) is 13.1 Å². The summed E-state index contributed by atoms with van der Waals surface area (Å²) in [5.74, 6) is -0.390. The van der Waals surface area contributed by atoms with Gasteiger partial charge < -0.3 is 10.6 Å². The van der Waals surface area contributed by atoms with Crippen LogP contribution in [0, 0.1) is 17.1 Å². The molecule has 96 valence electrons. The Balaban J connectivity index is 2.42. The van der Waals surface area contributed by atoms with Gasteiger partial charge in [0.1, 0.15) is 5.82 Å². The molecule has 0 atom stereocenters. The number of nitrogens with zero attached hydrogens (tertiary/aromatic N) is 1. The highest BCUT2D eigenvalue weighted by molar-refractivity contribution is 5.75. The van der Waals surface area contributed by atoms with E-state index >= 15 is 0 Å². The maximum absolute atomic E-state index is 13.0. The van der Waals surface area contributed by atoms with E-state index in [1.54, 1.807) is 0 Å². The first-order valence-corrected chi connectivity index (χ1v) is 5.83. The summed E-state index contributed by atoms with van der Waals surface area (Å²) in [6.45, 7) is 3.34. The van der Waals surface area contributed by atoms with Gasteiger partial charge in [0.25, 0.3) is 0 Å². The van der Waals surface area contributed by atoms with Gasteiger partial charge in [0.05, 0.1) is 11.6 Å². The zero-order chi connectivity index (χ0) is 13.4. The van der Waals surface area contributed by atoms with E-state index in [2.05, 4.69) is 10.6 Å². The summed E-state index contributed by atoms with van der Waals surface area (Å²) in [5.41, 5.74) is 1.05. The van der Waals surface area contributed by atoms with E-state index in [9.17, 15) is 9.18 Å². The number of nitrogens with one attached hydrogen (secondary N) is 2. The quantitative estimate of drug-likeness (QED) is 0.747. The van der Waals surface area contributed by atoms with Crippen molar-refractivity contribution in [1.82, 2.24) is 10.6 Å². The minimum Gasteiger partial charge on any atom is -0.356 e. The second-order valence-corrected chi connectivity index (χ2v) is 3.79. The number of benzene rings is 1. The van der Waals surface area contributed by atoms with Crippen molar-refractivity contribution in [2.45, 2.75) is 19.9 Å². The van der Waals surface area contributed by atoms with Crippen molar-refractivity contribution in [2.24, 2.45) is 0 Å². The lowest BCUT2D eigenvalue weighted by atomic mass is 10.1. The first-order chi connectivity index (χ1) is 8.67. The monoisotopic (exact) mass is 249 g/mol. The molecule has 4 nitrogen and oxygen atoms in total. The van der Waals surface area contributed by atoms with Crippen LogP contribution in [0.2, 0.25) is 0 Å². The molecule has 2 N–H and O–H groups in total. The fraction of sp³-hybridized carbons (Fsp3) is 0.385.